The SMILES string of the molecule is O=C(NCCn1ccnc1)N1CC[C@@]2(C1)OCc1ccccc12. The molecule has 6 heteroatoms. The Morgan fingerprint density at radius 1 is 1.39 bits per heavy atom. The molecule has 3 heterocycles. The third-order valence-corrected chi connectivity index (χ3v) is 4.74. The first-order chi connectivity index (χ1) is 11.3. The largest absolute Gasteiger partial charge is 0.364 e. The van der Waals surface area contributed by atoms with Gasteiger partial charge < -0.3 is 19.5 Å². The number of ether oxygens (including phenoxy) is 1. The maximum absolute atomic E-state index is 12.4. The van der Waals surface area contributed by atoms with E-state index in [1.54, 1.807) is 12.5 Å². The lowest BCUT2D eigenvalue weighted by atomic mass is 9.92. The van der Waals surface area contributed by atoms with Crippen molar-refractivity contribution in [3.8, 4) is 0 Å². The monoisotopic (exact) mass is 312 g/mol. The molecular weight excluding hydrogens is 292 g/mol. The highest BCUT2D eigenvalue weighted by molar-refractivity contribution is 5.74. The number of urea groups is 1. The number of fused-ring (bicyclic) bond motifs is 2. The molecule has 1 N–H and O–H groups in total. The highest BCUT2D eigenvalue weighted by Crippen LogP contribution is 2.43. The molecule has 0 aliphatic carbocycles. The summed E-state index contributed by atoms with van der Waals surface area (Å²) in [6.07, 6.45) is 6.24. The van der Waals surface area contributed by atoms with Crippen LogP contribution in [-0.2, 0) is 23.5 Å². The van der Waals surface area contributed by atoms with Crippen LogP contribution in [-0.4, -0.2) is 40.1 Å². The van der Waals surface area contributed by atoms with Crippen LogP contribution < -0.4 is 5.32 Å². The lowest BCUT2D eigenvalue weighted by Gasteiger charge is -2.25. The number of hydrogen-bond donors (Lipinski definition) is 1. The van der Waals surface area contributed by atoms with Crippen LogP contribution in [0.3, 0.4) is 0 Å². The van der Waals surface area contributed by atoms with Gasteiger partial charge in [0.25, 0.3) is 0 Å². The van der Waals surface area contributed by atoms with E-state index in [4.69, 9.17) is 4.74 Å². The molecule has 1 aromatic carbocycles. The number of carbonyl (C=O) groups excluding carboxylic acids is 1. The van der Waals surface area contributed by atoms with E-state index >= 15 is 0 Å². The molecule has 0 radical (unpaired) electrons. The molecule has 0 bridgehead atoms. The van der Waals surface area contributed by atoms with Gasteiger partial charge in [0.2, 0.25) is 0 Å². The topological polar surface area (TPSA) is 59.4 Å². The van der Waals surface area contributed by atoms with Crippen molar-refractivity contribution in [2.45, 2.75) is 25.2 Å². The molecule has 1 atom stereocenters. The first kappa shape index (κ1) is 14.3. The van der Waals surface area contributed by atoms with Crippen molar-refractivity contribution in [1.82, 2.24) is 19.8 Å². The van der Waals surface area contributed by atoms with Crippen molar-refractivity contribution >= 4 is 6.03 Å². The van der Waals surface area contributed by atoms with Gasteiger partial charge in [-0.25, -0.2) is 9.78 Å². The van der Waals surface area contributed by atoms with Crippen molar-refractivity contribution in [3.63, 3.8) is 0 Å². The van der Waals surface area contributed by atoms with E-state index in [9.17, 15) is 4.79 Å². The number of aromatic nitrogens is 2. The zero-order valence-corrected chi connectivity index (χ0v) is 12.9. The highest BCUT2D eigenvalue weighted by Gasteiger charge is 2.46. The fourth-order valence-corrected chi connectivity index (χ4v) is 3.50. The van der Waals surface area contributed by atoms with Crippen LogP contribution in [0.5, 0.6) is 0 Å². The van der Waals surface area contributed by atoms with Gasteiger partial charge in [0.1, 0.15) is 5.60 Å². The number of nitrogens with one attached hydrogen (secondary N) is 1. The van der Waals surface area contributed by atoms with Crippen LogP contribution in [0.1, 0.15) is 17.5 Å². The van der Waals surface area contributed by atoms with E-state index in [1.807, 2.05) is 27.8 Å². The van der Waals surface area contributed by atoms with Gasteiger partial charge in [0, 0.05) is 38.4 Å². The molecule has 1 fully saturated rings. The van der Waals surface area contributed by atoms with Crippen LogP contribution in [0.4, 0.5) is 4.79 Å². The summed E-state index contributed by atoms with van der Waals surface area (Å²) < 4.78 is 8.03. The Hall–Kier alpha value is -2.34. The van der Waals surface area contributed by atoms with Crippen molar-refractivity contribution in [1.29, 1.82) is 0 Å². The number of likely N-dealkylation sites (tertiary alicyclic amines) is 1. The summed E-state index contributed by atoms with van der Waals surface area (Å²) >= 11 is 0. The predicted octanol–water partition coefficient (Wildman–Crippen LogP) is 1.72. The molecule has 23 heavy (non-hydrogen) atoms. The van der Waals surface area contributed by atoms with E-state index in [0.29, 0.717) is 19.7 Å². The number of carbonyl (C=O) groups is 1. The van der Waals surface area contributed by atoms with Gasteiger partial charge in [0.05, 0.1) is 19.5 Å². The zero-order valence-electron chi connectivity index (χ0n) is 12.9. The number of amides is 2. The van der Waals surface area contributed by atoms with E-state index in [0.717, 1.165) is 19.5 Å². The normalized spacial score (nSPS) is 22.5. The third-order valence-electron chi connectivity index (χ3n) is 4.74. The number of benzene rings is 1. The molecule has 2 amide bonds. The van der Waals surface area contributed by atoms with Gasteiger partial charge in [-0.05, 0) is 11.1 Å². The fourth-order valence-electron chi connectivity index (χ4n) is 3.50. The molecular formula is C17H20N4O2. The Bertz CT molecular complexity index is 700. The molecule has 120 valence electrons. The minimum Gasteiger partial charge on any atom is -0.364 e. The van der Waals surface area contributed by atoms with E-state index in [2.05, 4.69) is 22.4 Å². The Balaban J connectivity index is 1.36. The maximum Gasteiger partial charge on any atom is 0.317 e. The van der Waals surface area contributed by atoms with Crippen molar-refractivity contribution in [2.24, 2.45) is 0 Å². The predicted molar refractivity (Wildman–Crippen MR) is 84.7 cm³/mol. The zero-order chi connectivity index (χ0) is 15.7. The van der Waals surface area contributed by atoms with Gasteiger partial charge in [-0.1, -0.05) is 24.3 Å². The fraction of sp³-hybridized carbons (Fsp3) is 0.412. The van der Waals surface area contributed by atoms with Crippen LogP contribution in [0.2, 0.25) is 0 Å². The minimum absolute atomic E-state index is 0.0185. The second-order valence-corrected chi connectivity index (χ2v) is 6.14. The van der Waals surface area contributed by atoms with Crippen LogP contribution in [0.15, 0.2) is 43.0 Å². The van der Waals surface area contributed by atoms with Crippen LogP contribution in [0.25, 0.3) is 0 Å². The second-order valence-electron chi connectivity index (χ2n) is 6.14. The Morgan fingerprint density at radius 3 is 3.17 bits per heavy atom. The Kier molecular flexibility index (Phi) is 3.53. The first-order valence-corrected chi connectivity index (χ1v) is 7.98. The quantitative estimate of drug-likeness (QED) is 0.939. The number of rotatable bonds is 3. The minimum atomic E-state index is -0.307. The van der Waals surface area contributed by atoms with E-state index < -0.39 is 0 Å². The summed E-state index contributed by atoms with van der Waals surface area (Å²) in [5.74, 6) is 0. The van der Waals surface area contributed by atoms with Gasteiger partial charge >= 0.3 is 6.03 Å². The number of nitrogens with zero attached hydrogens (tertiary/aromatic N) is 3. The lowest BCUT2D eigenvalue weighted by Crippen LogP contribution is -2.41. The smallest absolute Gasteiger partial charge is 0.317 e. The average Bonchev–Trinajstić information content (AvgIpc) is 3.30. The second kappa shape index (κ2) is 5.70. The summed E-state index contributed by atoms with van der Waals surface area (Å²) in [6, 6.07) is 8.30. The van der Waals surface area contributed by atoms with E-state index in [-0.39, 0.29) is 11.6 Å². The average molecular weight is 312 g/mol. The summed E-state index contributed by atoms with van der Waals surface area (Å²) in [4.78, 5) is 18.2. The molecule has 1 aromatic heterocycles. The molecule has 4 rings (SSSR count). The van der Waals surface area contributed by atoms with Gasteiger partial charge in [-0.2, -0.15) is 0 Å². The first-order valence-electron chi connectivity index (χ1n) is 7.98. The summed E-state index contributed by atoms with van der Waals surface area (Å²) in [7, 11) is 0. The van der Waals surface area contributed by atoms with Crippen LogP contribution >= 0.6 is 0 Å². The Labute approximate surface area is 135 Å². The summed E-state index contributed by atoms with van der Waals surface area (Å²) in [6.45, 7) is 3.32. The van der Waals surface area contributed by atoms with Crippen molar-refractivity contribution < 1.29 is 9.53 Å². The summed E-state index contributed by atoms with van der Waals surface area (Å²) in [5.41, 5.74) is 2.18. The highest BCUT2D eigenvalue weighted by atomic mass is 16.5. The van der Waals surface area contributed by atoms with Crippen molar-refractivity contribution in [2.75, 3.05) is 19.6 Å². The maximum atomic E-state index is 12.4. The molecule has 1 saturated heterocycles. The molecule has 1 spiro atoms. The standard InChI is InChI=1S/C17H20N4O2/c22-16(19-7-10-20-9-6-18-13-20)21-8-5-17(12-21)15-4-2-1-3-14(15)11-23-17/h1-4,6,9,13H,5,7-8,10-12H2,(H,19,22)/t17-/m0/s1. The molecule has 0 unspecified atom stereocenters. The van der Waals surface area contributed by atoms with Gasteiger partial charge in [0.15, 0.2) is 0 Å². The molecule has 2 aliphatic heterocycles. The number of hydrogen-bond acceptors (Lipinski definition) is 3. The van der Waals surface area contributed by atoms with Gasteiger partial charge in [-0.3, -0.25) is 0 Å². The Morgan fingerprint density at radius 2 is 2.30 bits per heavy atom. The number of imidazole rings is 1. The van der Waals surface area contributed by atoms with Crippen LogP contribution in [0, 0.1) is 0 Å². The molecule has 2 aliphatic rings. The molecule has 6 nitrogen and oxygen atoms in total. The third kappa shape index (κ3) is 2.59. The van der Waals surface area contributed by atoms with E-state index in [1.165, 1.54) is 11.1 Å². The van der Waals surface area contributed by atoms with Crippen molar-refractivity contribution in [3.05, 3.63) is 54.1 Å². The summed E-state index contributed by atoms with van der Waals surface area (Å²) in [5, 5.41) is 2.98. The lowest BCUT2D eigenvalue weighted by molar-refractivity contribution is -0.0272. The molecule has 0 saturated carbocycles. The van der Waals surface area contributed by atoms with Gasteiger partial charge in [-0.15, -0.1) is 0 Å². The molecule has 2 aromatic rings.